The van der Waals surface area contributed by atoms with E-state index in [-0.39, 0.29) is 48.3 Å². The van der Waals surface area contributed by atoms with Crippen molar-refractivity contribution in [1.82, 2.24) is 14.5 Å². The number of nitrogens with zero attached hydrogens (tertiary/aromatic N) is 2. The molecule has 0 aromatic heterocycles. The third kappa shape index (κ3) is 5.62. The van der Waals surface area contributed by atoms with E-state index in [9.17, 15) is 18.3 Å². The van der Waals surface area contributed by atoms with Crippen molar-refractivity contribution < 1.29 is 23.1 Å². The lowest BCUT2D eigenvalue weighted by Gasteiger charge is -2.37. The molecule has 0 saturated carbocycles. The lowest BCUT2D eigenvalue weighted by atomic mass is 10.0. The van der Waals surface area contributed by atoms with E-state index in [1.54, 1.807) is 26.1 Å². The predicted molar refractivity (Wildman–Crippen MR) is 114 cm³/mol. The number of carbonyl (C=O) groups excluding carboxylic acids is 1. The van der Waals surface area contributed by atoms with Gasteiger partial charge in [0.15, 0.2) is 0 Å². The van der Waals surface area contributed by atoms with Crippen LogP contribution in [0.25, 0.3) is 0 Å². The first-order valence-electron chi connectivity index (χ1n) is 9.57. The molecule has 0 spiro atoms. The van der Waals surface area contributed by atoms with Crippen LogP contribution in [-0.2, 0) is 10.0 Å². The van der Waals surface area contributed by atoms with Gasteiger partial charge in [-0.15, -0.1) is 0 Å². The standard InChI is InChI=1S/C19H30BrN3O5S/c1-12(2)21-19(25)22(5)10-17-13(3)9-23(14(4)11-24)29(26,27)18-7-6-15(20)8-16(18)28-17/h6-8,12-14,17,24H,9-11H2,1-5H3,(H,21,25)/t13-,14-,17-/m0/s1. The van der Waals surface area contributed by atoms with Crippen molar-refractivity contribution in [2.75, 3.05) is 26.7 Å². The van der Waals surface area contributed by atoms with Gasteiger partial charge in [-0.2, -0.15) is 4.31 Å². The van der Waals surface area contributed by atoms with E-state index in [1.807, 2.05) is 20.8 Å². The van der Waals surface area contributed by atoms with Gasteiger partial charge in [-0.3, -0.25) is 0 Å². The van der Waals surface area contributed by atoms with Crippen LogP contribution in [0.4, 0.5) is 4.79 Å². The fourth-order valence-electron chi connectivity index (χ4n) is 3.13. The fourth-order valence-corrected chi connectivity index (χ4v) is 5.29. The van der Waals surface area contributed by atoms with Gasteiger partial charge in [-0.25, -0.2) is 13.2 Å². The van der Waals surface area contributed by atoms with E-state index >= 15 is 0 Å². The second-order valence-corrected chi connectivity index (χ2v) is 10.6. The molecule has 1 heterocycles. The Morgan fingerprint density at radius 3 is 2.66 bits per heavy atom. The molecule has 2 amide bonds. The minimum atomic E-state index is -3.85. The molecule has 0 bridgehead atoms. The third-order valence-corrected chi connectivity index (χ3v) is 7.35. The Kier molecular flexibility index (Phi) is 7.94. The maximum absolute atomic E-state index is 13.2. The van der Waals surface area contributed by atoms with Crippen LogP contribution in [0.2, 0.25) is 0 Å². The number of ether oxygens (including phenoxy) is 1. The van der Waals surface area contributed by atoms with Crippen molar-refractivity contribution in [3.63, 3.8) is 0 Å². The molecule has 10 heteroatoms. The number of benzene rings is 1. The Morgan fingerprint density at radius 2 is 2.07 bits per heavy atom. The van der Waals surface area contributed by atoms with Crippen LogP contribution in [0, 0.1) is 5.92 Å². The normalized spacial score (nSPS) is 22.8. The quantitative estimate of drug-likeness (QED) is 0.657. The number of aliphatic hydroxyl groups is 1. The molecule has 1 aromatic carbocycles. The van der Waals surface area contributed by atoms with Crippen molar-refractivity contribution in [3.05, 3.63) is 22.7 Å². The first-order valence-corrected chi connectivity index (χ1v) is 11.8. The summed E-state index contributed by atoms with van der Waals surface area (Å²) < 4.78 is 34.6. The van der Waals surface area contributed by atoms with Gasteiger partial charge in [0.2, 0.25) is 10.0 Å². The fraction of sp³-hybridized carbons (Fsp3) is 0.632. The number of amides is 2. The highest BCUT2D eigenvalue weighted by molar-refractivity contribution is 9.10. The maximum atomic E-state index is 13.2. The summed E-state index contributed by atoms with van der Waals surface area (Å²) in [7, 11) is -2.17. The molecule has 3 atom stereocenters. The number of rotatable bonds is 5. The van der Waals surface area contributed by atoms with Gasteiger partial charge in [-0.05, 0) is 39.0 Å². The summed E-state index contributed by atoms with van der Waals surface area (Å²) in [6.45, 7) is 7.48. The molecule has 0 aliphatic carbocycles. The number of halogens is 1. The second kappa shape index (κ2) is 9.63. The zero-order chi connectivity index (χ0) is 21.9. The highest BCUT2D eigenvalue weighted by Gasteiger charge is 2.38. The summed E-state index contributed by atoms with van der Waals surface area (Å²) in [4.78, 5) is 13.9. The van der Waals surface area contributed by atoms with Crippen molar-refractivity contribution in [1.29, 1.82) is 0 Å². The van der Waals surface area contributed by atoms with E-state index in [0.717, 1.165) is 0 Å². The lowest BCUT2D eigenvalue weighted by molar-refractivity contribution is 0.0809. The number of hydrogen-bond acceptors (Lipinski definition) is 5. The minimum Gasteiger partial charge on any atom is -0.487 e. The average molecular weight is 492 g/mol. The molecule has 0 saturated heterocycles. The molecule has 0 unspecified atom stereocenters. The molecule has 164 valence electrons. The molecule has 2 N–H and O–H groups in total. The Hall–Kier alpha value is -1.36. The number of hydrogen-bond donors (Lipinski definition) is 2. The van der Waals surface area contributed by atoms with Crippen LogP contribution in [0.1, 0.15) is 27.7 Å². The van der Waals surface area contributed by atoms with Gasteiger partial charge in [0.25, 0.3) is 0 Å². The number of nitrogens with one attached hydrogen (secondary N) is 1. The molecular formula is C19H30BrN3O5S. The van der Waals surface area contributed by atoms with E-state index in [2.05, 4.69) is 21.2 Å². The Bertz CT molecular complexity index is 833. The number of fused-ring (bicyclic) bond motifs is 1. The van der Waals surface area contributed by atoms with Crippen molar-refractivity contribution in [2.24, 2.45) is 5.92 Å². The Morgan fingerprint density at radius 1 is 1.41 bits per heavy atom. The zero-order valence-corrected chi connectivity index (χ0v) is 19.8. The van der Waals surface area contributed by atoms with Gasteiger partial charge >= 0.3 is 6.03 Å². The number of carbonyl (C=O) groups is 1. The van der Waals surface area contributed by atoms with Crippen LogP contribution in [-0.4, -0.2) is 73.7 Å². The summed E-state index contributed by atoms with van der Waals surface area (Å²) >= 11 is 3.36. The van der Waals surface area contributed by atoms with Crippen molar-refractivity contribution in [3.8, 4) is 5.75 Å². The van der Waals surface area contributed by atoms with Gasteiger partial charge < -0.3 is 20.1 Å². The van der Waals surface area contributed by atoms with Gasteiger partial charge in [0, 0.05) is 36.1 Å². The number of urea groups is 1. The maximum Gasteiger partial charge on any atom is 0.317 e. The first-order chi connectivity index (χ1) is 13.5. The summed E-state index contributed by atoms with van der Waals surface area (Å²) in [5.41, 5.74) is 0. The molecule has 1 aliphatic heterocycles. The predicted octanol–water partition coefficient (Wildman–Crippen LogP) is 2.27. The monoisotopic (exact) mass is 491 g/mol. The molecule has 0 radical (unpaired) electrons. The van der Waals surface area contributed by atoms with E-state index in [0.29, 0.717) is 4.47 Å². The van der Waals surface area contributed by atoms with Crippen LogP contribution in [0.3, 0.4) is 0 Å². The molecule has 1 aliphatic rings. The third-order valence-electron chi connectivity index (χ3n) is 4.84. The van der Waals surface area contributed by atoms with Crippen LogP contribution < -0.4 is 10.1 Å². The van der Waals surface area contributed by atoms with Gasteiger partial charge in [0.05, 0.1) is 13.2 Å². The molecule has 8 nitrogen and oxygen atoms in total. The highest BCUT2D eigenvalue weighted by Crippen LogP contribution is 2.35. The van der Waals surface area contributed by atoms with E-state index < -0.39 is 22.2 Å². The summed E-state index contributed by atoms with van der Waals surface area (Å²) in [5, 5.41) is 12.5. The average Bonchev–Trinajstić information content (AvgIpc) is 2.63. The van der Waals surface area contributed by atoms with Crippen LogP contribution in [0.5, 0.6) is 5.75 Å². The minimum absolute atomic E-state index is 0.00310. The first kappa shape index (κ1) is 23.9. The van der Waals surface area contributed by atoms with E-state index in [4.69, 9.17) is 4.74 Å². The molecule has 1 aromatic rings. The summed E-state index contributed by atoms with van der Waals surface area (Å²) in [5.74, 6) is 0.00365. The SMILES string of the molecule is CC(C)NC(=O)N(C)C[C@@H]1Oc2cc(Br)ccc2S(=O)(=O)N([C@@H](C)CO)C[C@@H]1C. The highest BCUT2D eigenvalue weighted by atomic mass is 79.9. The smallest absolute Gasteiger partial charge is 0.317 e. The summed E-state index contributed by atoms with van der Waals surface area (Å²) in [6.07, 6.45) is -0.435. The topological polar surface area (TPSA) is 99.2 Å². The van der Waals surface area contributed by atoms with Gasteiger partial charge in [-0.1, -0.05) is 22.9 Å². The molecule has 29 heavy (non-hydrogen) atoms. The lowest BCUT2D eigenvalue weighted by Crippen LogP contribution is -2.51. The number of likely N-dealkylation sites (N-methyl/N-ethyl adjacent to an activating group) is 1. The van der Waals surface area contributed by atoms with Gasteiger partial charge in [0.1, 0.15) is 16.7 Å². The Balaban J connectivity index is 2.43. The van der Waals surface area contributed by atoms with Crippen LogP contribution >= 0.6 is 15.9 Å². The largest absolute Gasteiger partial charge is 0.487 e. The molecule has 2 rings (SSSR count). The van der Waals surface area contributed by atoms with Crippen LogP contribution in [0.15, 0.2) is 27.6 Å². The second-order valence-electron chi connectivity index (χ2n) is 7.82. The van der Waals surface area contributed by atoms with Crippen molar-refractivity contribution in [2.45, 2.75) is 50.8 Å². The molecular weight excluding hydrogens is 462 g/mol. The zero-order valence-electron chi connectivity index (χ0n) is 17.4. The van der Waals surface area contributed by atoms with E-state index in [1.165, 1.54) is 15.3 Å². The number of aliphatic hydroxyl groups excluding tert-OH is 1. The Labute approximate surface area is 181 Å². The molecule has 0 fully saturated rings. The summed E-state index contributed by atoms with van der Waals surface area (Å²) in [6, 6.07) is 3.95. The number of sulfonamides is 1. The van der Waals surface area contributed by atoms with Crippen molar-refractivity contribution >= 4 is 32.0 Å².